The molecule has 2 rings (SSSR count). The van der Waals surface area contributed by atoms with E-state index >= 15 is 0 Å². The molecule has 0 aliphatic carbocycles. The highest BCUT2D eigenvalue weighted by atomic mass is 15.2. The predicted octanol–water partition coefficient (Wildman–Crippen LogP) is 2.30. The van der Waals surface area contributed by atoms with E-state index < -0.39 is 0 Å². The van der Waals surface area contributed by atoms with Crippen LogP contribution in [0.25, 0.3) is 0 Å². The quantitative estimate of drug-likeness (QED) is 0.645. The van der Waals surface area contributed by atoms with Crippen LogP contribution in [0.1, 0.15) is 20.3 Å². The summed E-state index contributed by atoms with van der Waals surface area (Å²) in [5, 5.41) is 7.64. The van der Waals surface area contributed by atoms with Crippen LogP contribution < -0.4 is 15.5 Å². The first-order valence-corrected chi connectivity index (χ1v) is 6.81. The summed E-state index contributed by atoms with van der Waals surface area (Å²) < 4.78 is 0. The van der Waals surface area contributed by atoms with E-state index in [4.69, 9.17) is 11.1 Å². The number of likely N-dealkylation sites (N-methyl/N-ethyl adjacent to an activating group) is 1. The molecule has 4 heteroatoms. The zero-order valence-corrected chi connectivity index (χ0v) is 12.1. The van der Waals surface area contributed by atoms with Crippen molar-refractivity contribution in [3.63, 3.8) is 0 Å². The Labute approximate surface area is 115 Å². The molecule has 0 fully saturated rings. The minimum atomic E-state index is -0.224. The Morgan fingerprint density at radius 1 is 1.26 bits per heavy atom. The van der Waals surface area contributed by atoms with Crippen molar-refractivity contribution in [1.29, 1.82) is 5.41 Å². The van der Waals surface area contributed by atoms with Gasteiger partial charge in [0.15, 0.2) is 0 Å². The lowest BCUT2D eigenvalue weighted by atomic mass is 9.88. The summed E-state index contributed by atoms with van der Waals surface area (Å²) >= 11 is 0. The third kappa shape index (κ3) is 2.83. The first-order chi connectivity index (χ1) is 8.92. The van der Waals surface area contributed by atoms with Gasteiger partial charge in [-0.3, -0.25) is 5.41 Å². The molecule has 1 aromatic rings. The summed E-state index contributed by atoms with van der Waals surface area (Å²) in [6.07, 6.45) is 0.903. The van der Waals surface area contributed by atoms with Crippen molar-refractivity contribution in [3.8, 4) is 0 Å². The van der Waals surface area contributed by atoms with Crippen LogP contribution in [0.15, 0.2) is 24.3 Å². The van der Waals surface area contributed by atoms with Crippen LogP contribution in [0, 0.1) is 10.8 Å². The smallest absolute Gasteiger partial charge is 0.0963 e. The van der Waals surface area contributed by atoms with Crippen LogP contribution in [0.3, 0.4) is 0 Å². The molecule has 0 spiro atoms. The third-order valence-corrected chi connectivity index (χ3v) is 4.07. The van der Waals surface area contributed by atoms with Gasteiger partial charge in [-0.25, -0.2) is 0 Å². The first kappa shape index (κ1) is 13.7. The minimum Gasteiger partial charge on any atom is -0.387 e. The lowest BCUT2D eigenvalue weighted by Crippen LogP contribution is -2.42. The zero-order chi connectivity index (χ0) is 14.0. The maximum absolute atomic E-state index is 7.64. The Bertz CT molecular complexity index is 467. The number of hydrogen-bond donors (Lipinski definition) is 2. The maximum Gasteiger partial charge on any atom is 0.0963 e. The van der Waals surface area contributed by atoms with Crippen molar-refractivity contribution in [2.75, 3.05) is 36.5 Å². The van der Waals surface area contributed by atoms with Gasteiger partial charge in [0.05, 0.1) is 17.2 Å². The second kappa shape index (κ2) is 5.11. The fourth-order valence-corrected chi connectivity index (χ4v) is 2.35. The van der Waals surface area contributed by atoms with E-state index in [0.717, 1.165) is 26.1 Å². The second-order valence-corrected chi connectivity index (χ2v) is 5.94. The summed E-state index contributed by atoms with van der Waals surface area (Å²) in [7, 11) is 2.13. The number of fused-ring (bicyclic) bond motifs is 1. The molecular formula is C15H24N4. The van der Waals surface area contributed by atoms with Gasteiger partial charge in [-0.15, -0.1) is 0 Å². The van der Waals surface area contributed by atoms with Crippen molar-refractivity contribution >= 4 is 17.2 Å². The topological polar surface area (TPSA) is 56.4 Å². The Hall–Kier alpha value is -1.71. The van der Waals surface area contributed by atoms with Crippen molar-refractivity contribution < 1.29 is 0 Å². The zero-order valence-electron chi connectivity index (χ0n) is 12.1. The van der Waals surface area contributed by atoms with E-state index in [9.17, 15) is 0 Å². The fourth-order valence-electron chi connectivity index (χ4n) is 2.35. The molecule has 0 radical (unpaired) electrons. The van der Waals surface area contributed by atoms with Crippen molar-refractivity contribution in [2.24, 2.45) is 11.1 Å². The lowest BCUT2D eigenvalue weighted by molar-refractivity contribution is 0.465. The molecule has 0 unspecified atom stereocenters. The van der Waals surface area contributed by atoms with Gasteiger partial charge in [-0.05, 0) is 18.6 Å². The molecule has 1 aliphatic rings. The van der Waals surface area contributed by atoms with Crippen molar-refractivity contribution in [3.05, 3.63) is 24.3 Å². The van der Waals surface area contributed by atoms with Crippen molar-refractivity contribution in [2.45, 2.75) is 20.3 Å². The van der Waals surface area contributed by atoms with Gasteiger partial charge in [0.1, 0.15) is 0 Å². The highest BCUT2D eigenvalue weighted by Crippen LogP contribution is 2.32. The van der Waals surface area contributed by atoms with Gasteiger partial charge < -0.3 is 15.5 Å². The monoisotopic (exact) mass is 260 g/mol. The number of para-hydroxylation sites is 2. The van der Waals surface area contributed by atoms with E-state index in [1.165, 1.54) is 11.4 Å². The number of benzene rings is 1. The van der Waals surface area contributed by atoms with Crippen molar-refractivity contribution in [1.82, 2.24) is 0 Å². The Kier molecular flexibility index (Phi) is 3.69. The average Bonchev–Trinajstić information content (AvgIpc) is 2.38. The number of hydrogen-bond acceptors (Lipinski definition) is 3. The summed E-state index contributed by atoms with van der Waals surface area (Å²) in [6.45, 7) is 7.09. The highest BCUT2D eigenvalue weighted by Gasteiger charge is 2.25. The molecular weight excluding hydrogens is 236 g/mol. The van der Waals surface area contributed by atoms with E-state index in [1.54, 1.807) is 0 Å². The van der Waals surface area contributed by atoms with Crippen LogP contribution in [-0.2, 0) is 0 Å². The summed E-state index contributed by atoms with van der Waals surface area (Å²) in [6, 6.07) is 8.50. The normalized spacial score (nSPS) is 15.3. The number of amidine groups is 1. The van der Waals surface area contributed by atoms with Gasteiger partial charge in [0.2, 0.25) is 0 Å². The summed E-state index contributed by atoms with van der Waals surface area (Å²) in [5.41, 5.74) is 8.01. The van der Waals surface area contributed by atoms with Gasteiger partial charge in [0, 0.05) is 32.1 Å². The molecule has 19 heavy (non-hydrogen) atoms. The molecule has 0 bridgehead atoms. The van der Waals surface area contributed by atoms with E-state index in [-0.39, 0.29) is 11.3 Å². The third-order valence-electron chi connectivity index (χ3n) is 4.07. The number of anilines is 2. The number of nitrogens with one attached hydrogen (secondary N) is 1. The Morgan fingerprint density at radius 3 is 2.53 bits per heavy atom. The molecule has 0 amide bonds. The van der Waals surface area contributed by atoms with Gasteiger partial charge >= 0.3 is 0 Å². The molecule has 4 nitrogen and oxygen atoms in total. The molecule has 3 N–H and O–H groups in total. The van der Waals surface area contributed by atoms with E-state index in [0.29, 0.717) is 0 Å². The molecule has 0 saturated heterocycles. The standard InChI is InChI=1S/C15H24N4/c1-15(2,14(16)17)8-9-19-11-10-18(3)12-6-4-5-7-13(12)19/h4-7H,8-11H2,1-3H3,(H3,16,17). The average molecular weight is 260 g/mol. The lowest BCUT2D eigenvalue weighted by Gasteiger charge is -2.38. The van der Waals surface area contributed by atoms with Crippen LogP contribution in [0.4, 0.5) is 11.4 Å². The maximum atomic E-state index is 7.64. The molecule has 0 aromatic heterocycles. The number of nitrogens with two attached hydrogens (primary N) is 1. The highest BCUT2D eigenvalue weighted by molar-refractivity contribution is 5.82. The molecule has 1 heterocycles. The molecule has 104 valence electrons. The number of nitrogens with zero attached hydrogens (tertiary/aromatic N) is 2. The van der Waals surface area contributed by atoms with Crippen LogP contribution in [0.5, 0.6) is 0 Å². The summed E-state index contributed by atoms with van der Waals surface area (Å²) in [4.78, 5) is 4.70. The Balaban J connectivity index is 2.11. The molecule has 0 saturated carbocycles. The number of rotatable bonds is 4. The fraction of sp³-hybridized carbons (Fsp3) is 0.533. The molecule has 1 aromatic carbocycles. The minimum absolute atomic E-state index is 0.224. The predicted molar refractivity (Wildman–Crippen MR) is 82.2 cm³/mol. The second-order valence-electron chi connectivity index (χ2n) is 5.94. The first-order valence-electron chi connectivity index (χ1n) is 6.81. The van der Waals surface area contributed by atoms with Gasteiger partial charge in [-0.1, -0.05) is 26.0 Å². The van der Waals surface area contributed by atoms with Crippen LogP contribution in [-0.4, -0.2) is 32.5 Å². The van der Waals surface area contributed by atoms with E-state index in [2.05, 4.69) is 41.1 Å². The molecule has 1 aliphatic heterocycles. The van der Waals surface area contributed by atoms with Gasteiger partial charge in [-0.2, -0.15) is 0 Å². The molecule has 0 atom stereocenters. The largest absolute Gasteiger partial charge is 0.387 e. The van der Waals surface area contributed by atoms with Gasteiger partial charge in [0.25, 0.3) is 0 Å². The SMILES string of the molecule is CN1CCN(CCC(C)(C)C(=N)N)c2ccccc21. The van der Waals surface area contributed by atoms with Crippen LogP contribution in [0.2, 0.25) is 0 Å². The Morgan fingerprint density at radius 2 is 1.89 bits per heavy atom. The van der Waals surface area contributed by atoms with E-state index in [1.807, 2.05) is 13.8 Å². The van der Waals surface area contributed by atoms with Crippen LogP contribution >= 0.6 is 0 Å². The summed E-state index contributed by atoms with van der Waals surface area (Å²) in [5.74, 6) is 0.273.